The molecule has 0 spiro atoms. The number of benzene rings is 1. The van der Waals surface area contributed by atoms with E-state index >= 15 is 0 Å². The highest BCUT2D eigenvalue weighted by Crippen LogP contribution is 2.25. The number of hydrogen-bond acceptors (Lipinski definition) is 4. The molecule has 1 unspecified atom stereocenters. The smallest absolute Gasteiger partial charge is 0.191 e. The first kappa shape index (κ1) is 20.5. The lowest BCUT2D eigenvalue weighted by molar-refractivity contribution is 0.215. The number of anilines is 1. The molecule has 0 radical (unpaired) electrons. The molecular formula is C24H33N5O. The zero-order chi connectivity index (χ0) is 20.6. The lowest BCUT2D eigenvalue weighted by Crippen LogP contribution is -2.42. The molecule has 1 atom stereocenters. The summed E-state index contributed by atoms with van der Waals surface area (Å²) in [6.07, 6.45) is 8.71. The SMILES string of the molecule is CCNC(=NCc1ccc(N2CC=CC2)cc1)NCC(c1ccco1)N1CCCC1. The molecule has 0 aliphatic carbocycles. The van der Waals surface area contributed by atoms with Crippen LogP contribution in [0, 0.1) is 0 Å². The topological polar surface area (TPSA) is 56.0 Å². The Labute approximate surface area is 179 Å². The molecule has 2 aliphatic heterocycles. The van der Waals surface area contributed by atoms with E-state index in [9.17, 15) is 0 Å². The second kappa shape index (κ2) is 10.3. The third-order valence-electron chi connectivity index (χ3n) is 5.80. The van der Waals surface area contributed by atoms with Crippen LogP contribution in [-0.4, -0.2) is 50.1 Å². The van der Waals surface area contributed by atoms with E-state index in [1.807, 2.05) is 6.07 Å². The summed E-state index contributed by atoms with van der Waals surface area (Å²) < 4.78 is 5.73. The molecule has 4 rings (SSSR count). The van der Waals surface area contributed by atoms with E-state index in [4.69, 9.17) is 9.41 Å². The second-order valence-corrected chi connectivity index (χ2v) is 7.89. The summed E-state index contributed by atoms with van der Waals surface area (Å²) in [5.74, 6) is 1.87. The maximum absolute atomic E-state index is 5.73. The predicted octanol–water partition coefficient (Wildman–Crippen LogP) is 3.55. The minimum Gasteiger partial charge on any atom is -0.468 e. The van der Waals surface area contributed by atoms with Crippen LogP contribution in [-0.2, 0) is 6.54 Å². The Balaban J connectivity index is 1.37. The standard InChI is InChI=1S/C24H33N5O/c1-2-25-24(26-18-20-9-11-21(12-10-20)28-13-3-4-14-28)27-19-22(23-8-7-17-30-23)29-15-5-6-16-29/h3-4,7-12,17,22H,2,5-6,13-16,18-19H2,1H3,(H2,25,26,27). The van der Waals surface area contributed by atoms with Crippen LogP contribution in [0.15, 0.2) is 64.2 Å². The summed E-state index contributed by atoms with van der Waals surface area (Å²) in [6.45, 7) is 8.62. The maximum Gasteiger partial charge on any atom is 0.191 e. The first-order chi connectivity index (χ1) is 14.8. The molecule has 0 amide bonds. The minimum atomic E-state index is 0.236. The molecule has 2 aliphatic rings. The summed E-state index contributed by atoms with van der Waals surface area (Å²) >= 11 is 0. The fraction of sp³-hybridized carbons (Fsp3) is 0.458. The molecule has 1 aromatic heterocycles. The average molecular weight is 408 g/mol. The fourth-order valence-corrected chi connectivity index (χ4v) is 4.15. The predicted molar refractivity (Wildman–Crippen MR) is 123 cm³/mol. The minimum absolute atomic E-state index is 0.236. The van der Waals surface area contributed by atoms with Gasteiger partial charge in [0.25, 0.3) is 0 Å². The van der Waals surface area contributed by atoms with Gasteiger partial charge in [-0.2, -0.15) is 0 Å². The van der Waals surface area contributed by atoms with Gasteiger partial charge in [-0.25, -0.2) is 4.99 Å². The van der Waals surface area contributed by atoms with Gasteiger partial charge < -0.3 is 20.0 Å². The summed E-state index contributed by atoms with van der Waals surface area (Å²) in [5, 5.41) is 6.91. The number of aliphatic imine (C=N–C) groups is 1. The van der Waals surface area contributed by atoms with Crippen LogP contribution in [0.25, 0.3) is 0 Å². The number of furan rings is 1. The van der Waals surface area contributed by atoms with Crippen LogP contribution in [0.3, 0.4) is 0 Å². The van der Waals surface area contributed by atoms with Crippen LogP contribution in [0.1, 0.15) is 37.1 Å². The maximum atomic E-state index is 5.73. The molecule has 1 fully saturated rings. The van der Waals surface area contributed by atoms with Gasteiger partial charge in [0.2, 0.25) is 0 Å². The fourth-order valence-electron chi connectivity index (χ4n) is 4.15. The van der Waals surface area contributed by atoms with Gasteiger partial charge in [-0.1, -0.05) is 24.3 Å². The van der Waals surface area contributed by atoms with E-state index in [0.717, 1.165) is 51.0 Å². The quantitative estimate of drug-likeness (QED) is 0.398. The average Bonchev–Trinajstić information content (AvgIpc) is 3.56. The Morgan fingerprint density at radius 1 is 1.07 bits per heavy atom. The molecule has 3 heterocycles. The largest absolute Gasteiger partial charge is 0.468 e. The van der Waals surface area contributed by atoms with Gasteiger partial charge >= 0.3 is 0 Å². The van der Waals surface area contributed by atoms with Crippen LogP contribution in [0.4, 0.5) is 5.69 Å². The molecule has 0 bridgehead atoms. The van der Waals surface area contributed by atoms with Gasteiger partial charge in [0, 0.05) is 31.9 Å². The molecule has 1 aromatic carbocycles. The molecule has 6 nitrogen and oxygen atoms in total. The number of nitrogens with one attached hydrogen (secondary N) is 2. The first-order valence-corrected chi connectivity index (χ1v) is 11.1. The number of rotatable bonds is 8. The van der Waals surface area contributed by atoms with E-state index in [0.29, 0.717) is 6.54 Å². The van der Waals surface area contributed by atoms with Crippen LogP contribution in [0.5, 0.6) is 0 Å². The van der Waals surface area contributed by atoms with Crippen molar-refractivity contribution >= 4 is 11.6 Å². The third-order valence-corrected chi connectivity index (χ3v) is 5.80. The molecule has 2 N–H and O–H groups in total. The van der Waals surface area contributed by atoms with E-state index in [-0.39, 0.29) is 6.04 Å². The Bertz CT molecular complexity index is 814. The van der Waals surface area contributed by atoms with Crippen molar-refractivity contribution in [2.24, 2.45) is 4.99 Å². The highest BCUT2D eigenvalue weighted by Gasteiger charge is 2.25. The molecule has 6 heteroatoms. The van der Waals surface area contributed by atoms with Crippen molar-refractivity contribution < 1.29 is 4.42 Å². The Hall–Kier alpha value is -2.73. The van der Waals surface area contributed by atoms with Crippen molar-refractivity contribution in [1.29, 1.82) is 0 Å². The zero-order valence-corrected chi connectivity index (χ0v) is 17.9. The number of hydrogen-bond donors (Lipinski definition) is 2. The second-order valence-electron chi connectivity index (χ2n) is 7.89. The summed E-state index contributed by atoms with van der Waals surface area (Å²) in [4.78, 5) is 9.66. The van der Waals surface area contributed by atoms with E-state index < -0.39 is 0 Å². The van der Waals surface area contributed by atoms with Crippen molar-refractivity contribution in [2.45, 2.75) is 32.4 Å². The van der Waals surface area contributed by atoms with Gasteiger partial charge in [0.05, 0.1) is 18.8 Å². The van der Waals surface area contributed by atoms with E-state index in [1.165, 1.54) is 24.1 Å². The molecule has 30 heavy (non-hydrogen) atoms. The summed E-state index contributed by atoms with van der Waals surface area (Å²) in [6, 6.07) is 13.0. The van der Waals surface area contributed by atoms with Gasteiger partial charge in [0.1, 0.15) is 5.76 Å². The highest BCUT2D eigenvalue weighted by atomic mass is 16.3. The molecule has 1 saturated heterocycles. The van der Waals surface area contributed by atoms with Gasteiger partial charge in [0.15, 0.2) is 5.96 Å². The van der Waals surface area contributed by atoms with Crippen molar-refractivity contribution in [1.82, 2.24) is 15.5 Å². The normalized spacial score (nSPS) is 18.2. The van der Waals surface area contributed by atoms with Gasteiger partial charge in [-0.15, -0.1) is 0 Å². The van der Waals surface area contributed by atoms with Crippen molar-refractivity contribution in [2.75, 3.05) is 44.2 Å². The monoisotopic (exact) mass is 407 g/mol. The molecule has 0 saturated carbocycles. The van der Waals surface area contributed by atoms with Crippen molar-refractivity contribution in [3.8, 4) is 0 Å². The Morgan fingerprint density at radius 2 is 1.83 bits per heavy atom. The highest BCUT2D eigenvalue weighted by molar-refractivity contribution is 5.79. The molecule has 160 valence electrons. The van der Waals surface area contributed by atoms with Crippen molar-refractivity contribution in [3.63, 3.8) is 0 Å². The first-order valence-electron chi connectivity index (χ1n) is 11.1. The molecule has 2 aromatic rings. The van der Waals surface area contributed by atoms with Crippen LogP contribution >= 0.6 is 0 Å². The summed E-state index contributed by atoms with van der Waals surface area (Å²) in [7, 11) is 0. The number of nitrogens with zero attached hydrogens (tertiary/aromatic N) is 3. The number of likely N-dealkylation sites (tertiary alicyclic amines) is 1. The Morgan fingerprint density at radius 3 is 2.50 bits per heavy atom. The van der Waals surface area contributed by atoms with Gasteiger partial charge in [-0.3, -0.25) is 4.90 Å². The summed E-state index contributed by atoms with van der Waals surface area (Å²) in [5.41, 5.74) is 2.48. The van der Waals surface area contributed by atoms with Crippen LogP contribution < -0.4 is 15.5 Å². The molecular weight excluding hydrogens is 374 g/mol. The number of guanidine groups is 1. The third kappa shape index (κ3) is 5.25. The van der Waals surface area contributed by atoms with E-state index in [2.05, 4.69) is 69.8 Å². The lowest BCUT2D eigenvalue weighted by atomic mass is 10.2. The van der Waals surface area contributed by atoms with Gasteiger partial charge in [-0.05, 0) is 62.7 Å². The van der Waals surface area contributed by atoms with Crippen LogP contribution in [0.2, 0.25) is 0 Å². The zero-order valence-electron chi connectivity index (χ0n) is 17.9. The van der Waals surface area contributed by atoms with Crippen molar-refractivity contribution in [3.05, 3.63) is 66.1 Å². The lowest BCUT2D eigenvalue weighted by Gasteiger charge is -2.26. The Kier molecular flexibility index (Phi) is 7.08. The van der Waals surface area contributed by atoms with E-state index in [1.54, 1.807) is 6.26 Å².